The van der Waals surface area contributed by atoms with Gasteiger partial charge in [0.1, 0.15) is 11.6 Å². The first-order valence-corrected chi connectivity index (χ1v) is 15.1. The molecule has 2 aliphatic rings. The largest absolute Gasteiger partial charge is 0.379 e. The quantitative estimate of drug-likeness (QED) is 0.0934. The SMILES string of the molecule is COOC=NC(C(=O)N1CCC[C@H]1c1ncc(-c2ccc(-c3ccc(-c4cnc([C@@H]5CCCN5)[nH]4)cc3)cc2)[nH]1)[C@@H](C)OC. The van der Waals surface area contributed by atoms with Crippen molar-refractivity contribution in [1.82, 2.24) is 30.2 Å². The van der Waals surface area contributed by atoms with Gasteiger partial charge < -0.3 is 29.8 Å². The summed E-state index contributed by atoms with van der Waals surface area (Å²) in [5.41, 5.74) is 6.35. The van der Waals surface area contributed by atoms with Crippen LogP contribution >= 0.6 is 0 Å². The molecule has 11 heteroatoms. The highest BCUT2D eigenvalue weighted by atomic mass is 17.2. The maximum atomic E-state index is 13.5. The number of aromatic amines is 2. The lowest BCUT2D eigenvalue weighted by Crippen LogP contribution is -2.43. The zero-order chi connectivity index (χ0) is 30.5. The third-order valence-corrected chi connectivity index (χ3v) is 8.59. The number of hydrogen-bond acceptors (Lipinski definition) is 8. The van der Waals surface area contributed by atoms with Gasteiger partial charge in [-0.25, -0.2) is 15.0 Å². The fourth-order valence-electron chi connectivity index (χ4n) is 6.05. The van der Waals surface area contributed by atoms with Gasteiger partial charge >= 0.3 is 0 Å². The molecule has 0 spiro atoms. The number of H-pyrrole nitrogens is 2. The number of benzene rings is 2. The summed E-state index contributed by atoms with van der Waals surface area (Å²) < 4.78 is 5.43. The highest BCUT2D eigenvalue weighted by Crippen LogP contribution is 2.33. The number of rotatable bonds is 11. The summed E-state index contributed by atoms with van der Waals surface area (Å²) in [5, 5.41) is 3.49. The molecule has 44 heavy (non-hydrogen) atoms. The van der Waals surface area contributed by atoms with Gasteiger partial charge in [0, 0.05) is 13.7 Å². The van der Waals surface area contributed by atoms with Gasteiger partial charge in [-0.2, -0.15) is 4.89 Å². The Bertz CT molecular complexity index is 1560. The van der Waals surface area contributed by atoms with E-state index in [2.05, 4.69) is 83.7 Å². The summed E-state index contributed by atoms with van der Waals surface area (Å²) in [5.74, 6) is 1.64. The third-order valence-electron chi connectivity index (χ3n) is 8.59. The number of likely N-dealkylation sites (tertiary alicyclic amines) is 1. The number of imidazole rings is 2. The number of aliphatic imine (C=N–C) groups is 1. The Morgan fingerprint density at radius 2 is 1.52 bits per heavy atom. The molecule has 0 saturated carbocycles. The normalized spacial score (nSPS) is 19.9. The lowest BCUT2D eigenvalue weighted by Gasteiger charge is -2.28. The van der Waals surface area contributed by atoms with Crippen molar-refractivity contribution < 1.29 is 19.3 Å². The summed E-state index contributed by atoms with van der Waals surface area (Å²) in [6.07, 6.45) is 8.46. The number of aromatic nitrogens is 4. The summed E-state index contributed by atoms with van der Waals surface area (Å²) in [6.45, 7) is 3.48. The molecule has 1 amide bonds. The molecule has 230 valence electrons. The minimum atomic E-state index is -0.752. The van der Waals surface area contributed by atoms with Gasteiger partial charge in [-0.1, -0.05) is 48.5 Å². The Hall–Kier alpha value is -4.32. The summed E-state index contributed by atoms with van der Waals surface area (Å²) >= 11 is 0. The lowest BCUT2D eigenvalue weighted by molar-refractivity contribution is -0.188. The maximum absolute atomic E-state index is 13.5. The molecule has 4 atom stereocenters. The van der Waals surface area contributed by atoms with E-state index in [0.717, 1.165) is 77.5 Å². The molecular weight excluding hydrogens is 558 g/mol. The number of ether oxygens (including phenoxy) is 1. The van der Waals surface area contributed by atoms with Crippen LogP contribution in [0.1, 0.15) is 56.3 Å². The maximum Gasteiger partial charge on any atom is 0.250 e. The van der Waals surface area contributed by atoms with Crippen LogP contribution in [0.25, 0.3) is 33.6 Å². The zero-order valence-corrected chi connectivity index (χ0v) is 25.3. The van der Waals surface area contributed by atoms with Gasteiger partial charge in [-0.15, -0.1) is 0 Å². The second-order valence-corrected chi connectivity index (χ2v) is 11.3. The summed E-state index contributed by atoms with van der Waals surface area (Å²) in [6, 6.07) is 16.4. The summed E-state index contributed by atoms with van der Waals surface area (Å²) in [7, 11) is 2.94. The molecule has 2 aromatic carbocycles. The van der Waals surface area contributed by atoms with Crippen LogP contribution in [0.5, 0.6) is 0 Å². The molecule has 0 aliphatic carbocycles. The van der Waals surface area contributed by atoms with E-state index in [1.165, 1.54) is 13.5 Å². The average Bonchev–Trinajstić information content (AvgIpc) is 3.89. The van der Waals surface area contributed by atoms with Crippen molar-refractivity contribution in [3.8, 4) is 33.6 Å². The first-order valence-electron chi connectivity index (χ1n) is 15.1. The highest BCUT2D eigenvalue weighted by Gasteiger charge is 2.37. The number of carbonyl (C=O) groups is 1. The van der Waals surface area contributed by atoms with Crippen LogP contribution in [0.2, 0.25) is 0 Å². The molecule has 0 radical (unpaired) electrons. The third kappa shape index (κ3) is 6.30. The average molecular weight is 598 g/mol. The monoisotopic (exact) mass is 597 g/mol. The Kier molecular flexibility index (Phi) is 9.15. The molecule has 4 heterocycles. The molecule has 2 aromatic heterocycles. The van der Waals surface area contributed by atoms with Crippen LogP contribution in [-0.4, -0.2) is 76.6 Å². The van der Waals surface area contributed by atoms with Gasteiger partial charge in [0.05, 0.1) is 49.1 Å². The predicted molar refractivity (Wildman–Crippen MR) is 168 cm³/mol. The van der Waals surface area contributed by atoms with Crippen molar-refractivity contribution in [2.75, 3.05) is 27.3 Å². The Labute approximate surface area is 257 Å². The van der Waals surface area contributed by atoms with Gasteiger partial charge in [0.25, 0.3) is 5.91 Å². The Balaban J connectivity index is 1.13. The molecule has 11 nitrogen and oxygen atoms in total. The van der Waals surface area contributed by atoms with Crippen LogP contribution in [0.15, 0.2) is 65.9 Å². The van der Waals surface area contributed by atoms with Crippen LogP contribution in [0, 0.1) is 0 Å². The number of hydrogen-bond donors (Lipinski definition) is 3. The highest BCUT2D eigenvalue weighted by molar-refractivity contribution is 5.84. The van der Waals surface area contributed by atoms with E-state index >= 15 is 0 Å². The topological polar surface area (TPSA) is 130 Å². The zero-order valence-electron chi connectivity index (χ0n) is 25.3. The number of nitrogens with one attached hydrogen (secondary N) is 3. The first kappa shape index (κ1) is 29.7. The van der Waals surface area contributed by atoms with E-state index in [1.54, 1.807) is 7.11 Å². The van der Waals surface area contributed by atoms with Gasteiger partial charge in [0.2, 0.25) is 6.40 Å². The van der Waals surface area contributed by atoms with Gasteiger partial charge in [-0.3, -0.25) is 4.79 Å². The van der Waals surface area contributed by atoms with Gasteiger partial charge in [-0.05, 0) is 61.4 Å². The van der Waals surface area contributed by atoms with E-state index in [9.17, 15) is 4.79 Å². The minimum absolute atomic E-state index is 0.134. The second-order valence-electron chi connectivity index (χ2n) is 11.3. The van der Waals surface area contributed by atoms with Gasteiger partial charge in [0.15, 0.2) is 6.04 Å². The van der Waals surface area contributed by atoms with E-state index in [4.69, 9.17) is 9.62 Å². The van der Waals surface area contributed by atoms with Crippen molar-refractivity contribution in [2.45, 2.75) is 56.8 Å². The molecule has 3 N–H and O–H groups in total. The molecular formula is C33H39N7O4. The predicted octanol–water partition coefficient (Wildman–Crippen LogP) is 5.23. The minimum Gasteiger partial charge on any atom is -0.379 e. The molecule has 2 aliphatic heterocycles. The van der Waals surface area contributed by atoms with Crippen LogP contribution in [-0.2, 0) is 19.3 Å². The van der Waals surface area contributed by atoms with E-state index < -0.39 is 12.1 Å². The molecule has 1 unspecified atom stereocenters. The standard InChI is InChI=1S/C33H39N7O4/c1-21(42-2)30(37-20-44-43-3)33(41)40-17-5-7-29(40)32-36-19-28(39-32)25-14-10-23(11-15-25)22-8-12-24(13-9-22)27-18-35-31(38-27)26-6-4-16-34-26/h8-15,18-21,26,29-30,34H,4-7,16-17H2,1-3H3,(H,35,38)(H,36,39)/t21-,26+,29+,30?/m1/s1. The van der Waals surface area contributed by atoms with Crippen molar-refractivity contribution in [3.05, 3.63) is 72.6 Å². The fourth-order valence-corrected chi connectivity index (χ4v) is 6.05. The number of methoxy groups -OCH3 is 1. The number of nitrogens with zero attached hydrogens (tertiary/aromatic N) is 4. The Morgan fingerprint density at radius 3 is 2.11 bits per heavy atom. The molecule has 2 saturated heterocycles. The van der Waals surface area contributed by atoms with Crippen molar-refractivity contribution >= 4 is 12.3 Å². The number of amides is 1. The lowest BCUT2D eigenvalue weighted by atomic mass is 10.0. The molecule has 6 rings (SSSR count). The second kappa shape index (κ2) is 13.5. The summed E-state index contributed by atoms with van der Waals surface area (Å²) in [4.78, 5) is 45.2. The molecule has 0 bridgehead atoms. The van der Waals surface area contributed by atoms with Crippen molar-refractivity contribution in [2.24, 2.45) is 4.99 Å². The van der Waals surface area contributed by atoms with Crippen LogP contribution < -0.4 is 5.32 Å². The smallest absolute Gasteiger partial charge is 0.250 e. The van der Waals surface area contributed by atoms with Crippen LogP contribution in [0.4, 0.5) is 0 Å². The van der Waals surface area contributed by atoms with Crippen molar-refractivity contribution in [1.29, 1.82) is 0 Å². The van der Waals surface area contributed by atoms with E-state index in [1.807, 2.05) is 24.2 Å². The first-order chi connectivity index (χ1) is 21.6. The number of carbonyl (C=O) groups excluding carboxylic acids is 1. The fraction of sp³-hybridized carbons (Fsp3) is 0.394. The Morgan fingerprint density at radius 1 is 0.909 bits per heavy atom. The molecule has 4 aromatic rings. The van der Waals surface area contributed by atoms with E-state index in [0.29, 0.717) is 12.6 Å². The molecule has 2 fully saturated rings. The van der Waals surface area contributed by atoms with E-state index in [-0.39, 0.29) is 11.9 Å². The van der Waals surface area contributed by atoms with Crippen molar-refractivity contribution in [3.63, 3.8) is 0 Å². The van der Waals surface area contributed by atoms with Crippen LogP contribution in [0.3, 0.4) is 0 Å².